The maximum atomic E-state index is 13.2. The molecule has 0 aliphatic heterocycles. The zero-order valence-corrected chi connectivity index (χ0v) is 22.9. The van der Waals surface area contributed by atoms with Crippen LogP contribution in [0, 0.1) is 17.0 Å². The number of carbonyl (C=O) groups is 2. The highest BCUT2D eigenvalue weighted by Crippen LogP contribution is 2.29. The summed E-state index contributed by atoms with van der Waals surface area (Å²) in [5, 5.41) is 20.5. The van der Waals surface area contributed by atoms with Crippen molar-refractivity contribution in [2.45, 2.75) is 19.4 Å². The third-order valence-electron chi connectivity index (χ3n) is 6.55. The number of rotatable bonds is 12. The fourth-order valence-corrected chi connectivity index (χ4v) is 4.39. The Morgan fingerprint density at radius 2 is 1.63 bits per heavy atom. The molecule has 4 rings (SSSR count). The summed E-state index contributed by atoms with van der Waals surface area (Å²) in [4.78, 5) is 37.3. The van der Waals surface area contributed by atoms with Gasteiger partial charge in [0.15, 0.2) is 0 Å². The molecule has 3 N–H and O–H groups in total. The summed E-state index contributed by atoms with van der Waals surface area (Å²) in [5.74, 6) is 0.0955. The van der Waals surface area contributed by atoms with Crippen molar-refractivity contribution in [3.8, 4) is 16.9 Å². The average Bonchev–Trinajstić information content (AvgIpc) is 2.99. The summed E-state index contributed by atoms with van der Waals surface area (Å²) in [6.45, 7) is 2.73. The monoisotopic (exact) mass is 552 g/mol. The van der Waals surface area contributed by atoms with Crippen molar-refractivity contribution in [2.24, 2.45) is 0 Å². The van der Waals surface area contributed by atoms with Gasteiger partial charge < -0.3 is 20.7 Å². The Bertz CT molecular complexity index is 1500. The number of nitrogens with zero attached hydrogens (tertiary/aromatic N) is 1. The summed E-state index contributed by atoms with van der Waals surface area (Å²) in [6.07, 6.45) is 0.243. The van der Waals surface area contributed by atoms with Crippen LogP contribution in [0.1, 0.15) is 21.5 Å². The number of benzene rings is 4. The second-order valence-electron chi connectivity index (χ2n) is 9.52. The number of hydrogen-bond donors (Lipinski definition) is 3. The maximum Gasteiger partial charge on any atom is 0.277 e. The number of nitrogens with one attached hydrogen (secondary N) is 3. The molecular formula is C32H32N4O5. The molecule has 0 aliphatic rings. The van der Waals surface area contributed by atoms with E-state index >= 15 is 0 Å². The van der Waals surface area contributed by atoms with Crippen molar-refractivity contribution in [1.82, 2.24) is 10.6 Å². The van der Waals surface area contributed by atoms with E-state index in [9.17, 15) is 19.7 Å². The van der Waals surface area contributed by atoms with Crippen molar-refractivity contribution in [3.63, 3.8) is 0 Å². The first-order valence-corrected chi connectivity index (χ1v) is 13.2. The molecule has 0 saturated heterocycles. The smallest absolute Gasteiger partial charge is 0.277 e. The molecule has 0 aromatic heterocycles. The van der Waals surface area contributed by atoms with Gasteiger partial charge in [0.2, 0.25) is 5.91 Å². The number of carbonyl (C=O) groups excluding carboxylic acids is 2. The van der Waals surface area contributed by atoms with Crippen LogP contribution in [0.2, 0.25) is 0 Å². The van der Waals surface area contributed by atoms with E-state index in [2.05, 4.69) is 16.0 Å². The lowest BCUT2D eigenvalue weighted by Gasteiger charge is -2.19. The van der Waals surface area contributed by atoms with Gasteiger partial charge >= 0.3 is 0 Å². The molecular weight excluding hydrogens is 520 g/mol. The summed E-state index contributed by atoms with van der Waals surface area (Å²) >= 11 is 0. The highest BCUT2D eigenvalue weighted by Gasteiger charge is 2.22. The number of ether oxygens (including phenoxy) is 1. The minimum atomic E-state index is -0.832. The molecule has 210 valence electrons. The van der Waals surface area contributed by atoms with E-state index in [-0.39, 0.29) is 23.9 Å². The third kappa shape index (κ3) is 7.92. The fraction of sp³-hybridized carbons (Fsp3) is 0.188. The van der Waals surface area contributed by atoms with Gasteiger partial charge in [-0.3, -0.25) is 19.7 Å². The van der Waals surface area contributed by atoms with Crippen LogP contribution in [-0.2, 0) is 11.2 Å². The standard InChI is InChI=1S/C32H32N4O5/c1-22-6-5-7-25(20-22)31(37)35-29(32(38)34-19-18-33-26-14-16-27(41-2)17-15-26)21-23-10-12-24(13-11-23)28-8-3-4-9-30(28)36(39)40/h3-17,20,29,33H,18-19,21H2,1-2H3,(H,34,38)(H,35,37)/t29-/m0/s1. The van der Waals surface area contributed by atoms with E-state index in [1.54, 1.807) is 55.6 Å². The van der Waals surface area contributed by atoms with Crippen molar-refractivity contribution in [1.29, 1.82) is 0 Å². The lowest BCUT2D eigenvalue weighted by molar-refractivity contribution is -0.384. The second-order valence-corrected chi connectivity index (χ2v) is 9.52. The van der Waals surface area contributed by atoms with Crippen LogP contribution in [0.3, 0.4) is 0 Å². The zero-order valence-electron chi connectivity index (χ0n) is 22.9. The fourth-order valence-electron chi connectivity index (χ4n) is 4.39. The van der Waals surface area contributed by atoms with Crippen molar-refractivity contribution in [3.05, 3.63) is 124 Å². The first kappa shape index (κ1) is 28.8. The van der Waals surface area contributed by atoms with Gasteiger partial charge in [0, 0.05) is 36.8 Å². The average molecular weight is 553 g/mol. The molecule has 4 aromatic rings. The molecule has 0 heterocycles. The Hall–Kier alpha value is -5.18. The van der Waals surface area contributed by atoms with Gasteiger partial charge in [-0.25, -0.2) is 0 Å². The molecule has 2 amide bonds. The minimum Gasteiger partial charge on any atom is -0.497 e. The number of amides is 2. The normalized spacial score (nSPS) is 11.3. The lowest BCUT2D eigenvalue weighted by Crippen LogP contribution is -2.48. The Morgan fingerprint density at radius 3 is 2.32 bits per heavy atom. The number of anilines is 1. The highest BCUT2D eigenvalue weighted by atomic mass is 16.6. The molecule has 41 heavy (non-hydrogen) atoms. The summed E-state index contributed by atoms with van der Waals surface area (Å²) in [6, 6.07) is 27.6. The SMILES string of the molecule is COc1ccc(NCCNC(=O)[C@H](Cc2ccc(-c3ccccc3[N+](=O)[O-])cc2)NC(=O)c2cccc(C)c2)cc1. The third-order valence-corrected chi connectivity index (χ3v) is 6.55. The summed E-state index contributed by atoms with van der Waals surface area (Å²) in [5.41, 5.74) is 4.32. The summed E-state index contributed by atoms with van der Waals surface area (Å²) in [7, 11) is 1.61. The Kier molecular flexibility index (Phi) is 9.66. The van der Waals surface area contributed by atoms with E-state index in [0.29, 0.717) is 29.8 Å². The van der Waals surface area contributed by atoms with E-state index in [1.165, 1.54) is 6.07 Å². The van der Waals surface area contributed by atoms with Gasteiger partial charge in [-0.2, -0.15) is 0 Å². The molecule has 9 nitrogen and oxygen atoms in total. The van der Waals surface area contributed by atoms with E-state index in [0.717, 1.165) is 22.6 Å². The number of nitro benzene ring substituents is 1. The predicted octanol–water partition coefficient (Wildman–Crippen LogP) is 5.15. The van der Waals surface area contributed by atoms with Crippen molar-refractivity contribution in [2.75, 3.05) is 25.5 Å². The van der Waals surface area contributed by atoms with Crippen molar-refractivity contribution >= 4 is 23.2 Å². The van der Waals surface area contributed by atoms with Gasteiger partial charge in [-0.1, -0.05) is 54.1 Å². The Morgan fingerprint density at radius 1 is 0.902 bits per heavy atom. The first-order chi connectivity index (χ1) is 19.8. The van der Waals surface area contributed by atoms with Gasteiger partial charge in [-0.15, -0.1) is 0 Å². The molecule has 0 bridgehead atoms. The largest absolute Gasteiger partial charge is 0.497 e. The van der Waals surface area contributed by atoms with E-state index < -0.39 is 11.0 Å². The van der Waals surface area contributed by atoms with Gasteiger partial charge in [0.25, 0.3) is 11.6 Å². The molecule has 4 aromatic carbocycles. The summed E-state index contributed by atoms with van der Waals surface area (Å²) < 4.78 is 5.17. The van der Waals surface area contributed by atoms with Gasteiger partial charge in [0.1, 0.15) is 11.8 Å². The number of methoxy groups -OCH3 is 1. The maximum absolute atomic E-state index is 13.2. The molecule has 0 fully saturated rings. The Labute approximate surface area is 238 Å². The van der Waals surface area contributed by atoms with E-state index in [1.807, 2.05) is 49.4 Å². The number of aryl methyl sites for hydroxylation is 1. The van der Waals surface area contributed by atoms with Crippen molar-refractivity contribution < 1.29 is 19.2 Å². The Balaban J connectivity index is 1.45. The first-order valence-electron chi connectivity index (χ1n) is 13.2. The van der Waals surface area contributed by atoms with Crippen LogP contribution in [0.4, 0.5) is 11.4 Å². The molecule has 0 aliphatic carbocycles. The zero-order chi connectivity index (χ0) is 29.2. The number of para-hydroxylation sites is 1. The molecule has 0 unspecified atom stereocenters. The molecule has 1 atom stereocenters. The van der Waals surface area contributed by atoms with E-state index in [4.69, 9.17) is 4.74 Å². The predicted molar refractivity (Wildman–Crippen MR) is 159 cm³/mol. The van der Waals surface area contributed by atoms with Gasteiger partial charge in [-0.05, 0) is 60.5 Å². The minimum absolute atomic E-state index is 0.0196. The van der Waals surface area contributed by atoms with Crippen LogP contribution in [0.15, 0.2) is 97.1 Å². The molecule has 0 radical (unpaired) electrons. The van der Waals surface area contributed by atoms with Crippen LogP contribution < -0.4 is 20.7 Å². The molecule has 0 spiro atoms. The van der Waals surface area contributed by atoms with Crippen LogP contribution in [0.25, 0.3) is 11.1 Å². The molecule has 0 saturated carbocycles. The van der Waals surface area contributed by atoms with Gasteiger partial charge in [0.05, 0.1) is 17.6 Å². The highest BCUT2D eigenvalue weighted by molar-refractivity contribution is 5.97. The van der Waals surface area contributed by atoms with Crippen LogP contribution in [-0.4, -0.2) is 43.0 Å². The van der Waals surface area contributed by atoms with Crippen LogP contribution >= 0.6 is 0 Å². The second kappa shape index (κ2) is 13.7. The number of nitro groups is 1. The topological polar surface area (TPSA) is 123 Å². The molecule has 9 heteroatoms. The van der Waals surface area contributed by atoms with Crippen LogP contribution in [0.5, 0.6) is 5.75 Å². The lowest BCUT2D eigenvalue weighted by atomic mass is 9.99. The number of hydrogen-bond acceptors (Lipinski definition) is 6. The quantitative estimate of drug-likeness (QED) is 0.127.